The van der Waals surface area contributed by atoms with Crippen molar-refractivity contribution in [1.29, 1.82) is 0 Å². The summed E-state index contributed by atoms with van der Waals surface area (Å²) in [5, 5.41) is 16.2. The van der Waals surface area contributed by atoms with E-state index in [-0.39, 0.29) is 18.2 Å². The fraction of sp³-hybridized carbons (Fsp3) is 0.571. The maximum atomic E-state index is 13.6. The number of aromatic amines is 1. The molecule has 8 N–H and O–H groups in total. The SMILES string of the molecule is CC(C)CC(NC(=O)C(N)CCCCN)C(=O)N1CCCC1C(=O)NC(Cc1c[nH]c2ccccc12)C(=O)O. The van der Waals surface area contributed by atoms with Gasteiger partial charge in [-0.1, -0.05) is 38.5 Å². The Hall–Kier alpha value is -3.44. The first-order chi connectivity index (χ1) is 18.6. The first kappa shape index (κ1) is 30.1. The highest BCUT2D eigenvalue weighted by Crippen LogP contribution is 2.22. The fourth-order valence-corrected chi connectivity index (χ4v) is 5.10. The lowest BCUT2D eigenvalue weighted by Gasteiger charge is -2.30. The van der Waals surface area contributed by atoms with Crippen LogP contribution in [0.3, 0.4) is 0 Å². The molecule has 1 aromatic carbocycles. The molecule has 1 aliphatic rings. The minimum Gasteiger partial charge on any atom is -0.480 e. The number of fused-ring (bicyclic) bond motifs is 1. The summed E-state index contributed by atoms with van der Waals surface area (Å²) in [6.07, 6.45) is 5.19. The van der Waals surface area contributed by atoms with Crippen LogP contribution in [0.2, 0.25) is 0 Å². The van der Waals surface area contributed by atoms with Gasteiger partial charge in [0.2, 0.25) is 17.7 Å². The number of carbonyl (C=O) groups excluding carboxylic acids is 3. The van der Waals surface area contributed by atoms with Crippen LogP contribution in [0, 0.1) is 5.92 Å². The monoisotopic (exact) mass is 542 g/mol. The van der Waals surface area contributed by atoms with E-state index in [2.05, 4.69) is 15.6 Å². The summed E-state index contributed by atoms with van der Waals surface area (Å²) in [4.78, 5) is 56.3. The summed E-state index contributed by atoms with van der Waals surface area (Å²) in [5.41, 5.74) is 13.2. The number of aliphatic carboxylic acids is 1. The van der Waals surface area contributed by atoms with E-state index in [0.29, 0.717) is 45.2 Å². The molecule has 11 heteroatoms. The van der Waals surface area contributed by atoms with Crippen molar-refractivity contribution in [2.24, 2.45) is 17.4 Å². The van der Waals surface area contributed by atoms with E-state index in [0.717, 1.165) is 22.9 Å². The second kappa shape index (κ2) is 14.1. The molecule has 0 bridgehead atoms. The number of rotatable bonds is 14. The van der Waals surface area contributed by atoms with E-state index in [4.69, 9.17) is 11.5 Å². The van der Waals surface area contributed by atoms with E-state index >= 15 is 0 Å². The van der Waals surface area contributed by atoms with E-state index in [1.807, 2.05) is 38.1 Å². The third-order valence-electron chi connectivity index (χ3n) is 7.18. The lowest BCUT2D eigenvalue weighted by Crippen LogP contribution is -2.57. The van der Waals surface area contributed by atoms with E-state index in [1.54, 1.807) is 6.20 Å². The van der Waals surface area contributed by atoms with E-state index in [9.17, 15) is 24.3 Å². The van der Waals surface area contributed by atoms with Crippen LogP contribution >= 0.6 is 0 Å². The van der Waals surface area contributed by atoms with Gasteiger partial charge in [-0.25, -0.2) is 4.79 Å². The number of para-hydroxylation sites is 1. The van der Waals surface area contributed by atoms with Crippen LogP contribution in [0.4, 0.5) is 0 Å². The zero-order chi connectivity index (χ0) is 28.5. The van der Waals surface area contributed by atoms with Crippen molar-refractivity contribution >= 4 is 34.6 Å². The smallest absolute Gasteiger partial charge is 0.326 e. The van der Waals surface area contributed by atoms with Crippen LogP contribution in [0.25, 0.3) is 10.9 Å². The molecule has 4 atom stereocenters. The Labute approximate surface area is 229 Å². The number of carboxylic acid groups (broad SMARTS) is 1. The summed E-state index contributed by atoms with van der Waals surface area (Å²) in [6.45, 7) is 4.77. The maximum absolute atomic E-state index is 13.6. The van der Waals surface area contributed by atoms with E-state index in [1.165, 1.54) is 4.90 Å². The van der Waals surface area contributed by atoms with Crippen molar-refractivity contribution in [3.8, 4) is 0 Å². The van der Waals surface area contributed by atoms with Crippen molar-refractivity contribution in [2.75, 3.05) is 13.1 Å². The van der Waals surface area contributed by atoms with Crippen LogP contribution in [0.5, 0.6) is 0 Å². The molecule has 11 nitrogen and oxygen atoms in total. The molecule has 1 aliphatic heterocycles. The number of aromatic nitrogens is 1. The summed E-state index contributed by atoms with van der Waals surface area (Å²) in [7, 11) is 0. The number of carbonyl (C=O) groups is 4. The molecule has 1 saturated heterocycles. The van der Waals surface area contributed by atoms with Crippen molar-refractivity contribution in [1.82, 2.24) is 20.5 Å². The molecule has 2 heterocycles. The normalized spacial score (nSPS) is 17.7. The second-order valence-electron chi connectivity index (χ2n) is 10.7. The van der Waals surface area contributed by atoms with Gasteiger partial charge in [-0.3, -0.25) is 14.4 Å². The number of amides is 3. The topological polar surface area (TPSA) is 184 Å². The van der Waals surface area contributed by atoms with Gasteiger partial charge in [0.15, 0.2) is 0 Å². The largest absolute Gasteiger partial charge is 0.480 e. The number of H-pyrrole nitrogens is 1. The lowest BCUT2D eigenvalue weighted by molar-refractivity contribution is -0.145. The summed E-state index contributed by atoms with van der Waals surface area (Å²) in [5.74, 6) is -2.32. The molecule has 39 heavy (non-hydrogen) atoms. The fourth-order valence-electron chi connectivity index (χ4n) is 5.10. The number of hydrogen-bond donors (Lipinski definition) is 6. The molecule has 0 aliphatic carbocycles. The Bertz CT molecular complexity index is 1150. The zero-order valence-corrected chi connectivity index (χ0v) is 22.8. The predicted octanol–water partition coefficient (Wildman–Crippen LogP) is 1.26. The van der Waals surface area contributed by atoms with Gasteiger partial charge in [0.05, 0.1) is 6.04 Å². The maximum Gasteiger partial charge on any atom is 0.326 e. The molecule has 1 fully saturated rings. The number of benzene rings is 1. The van der Waals surface area contributed by atoms with Crippen LogP contribution < -0.4 is 22.1 Å². The molecule has 0 spiro atoms. The van der Waals surface area contributed by atoms with Crippen molar-refractivity contribution in [3.63, 3.8) is 0 Å². The average molecular weight is 543 g/mol. The quantitative estimate of drug-likeness (QED) is 0.194. The summed E-state index contributed by atoms with van der Waals surface area (Å²) >= 11 is 0. The third-order valence-corrected chi connectivity index (χ3v) is 7.18. The molecule has 214 valence electrons. The standard InChI is InChI=1S/C28H42N6O5/c1-17(2)14-22(32-25(35)20(30)9-5-6-12-29)27(37)34-13-7-11-24(34)26(36)33-23(28(38)39)15-18-16-31-21-10-4-3-8-19(18)21/h3-4,8,10,16-17,20,22-24,31H,5-7,9,11-15,29-30H2,1-2H3,(H,32,35)(H,33,36)(H,38,39). The number of nitrogens with two attached hydrogens (primary N) is 2. The Morgan fingerprint density at radius 2 is 1.87 bits per heavy atom. The molecule has 0 radical (unpaired) electrons. The number of unbranched alkanes of at least 4 members (excludes halogenated alkanes) is 1. The van der Waals surface area contributed by atoms with Crippen LogP contribution in [0.15, 0.2) is 30.5 Å². The summed E-state index contributed by atoms with van der Waals surface area (Å²) < 4.78 is 0. The third kappa shape index (κ3) is 8.03. The Balaban J connectivity index is 1.69. The molecule has 0 saturated carbocycles. The van der Waals surface area contributed by atoms with Gasteiger partial charge in [-0.05, 0) is 56.2 Å². The van der Waals surface area contributed by atoms with Crippen LogP contribution in [-0.2, 0) is 25.6 Å². The molecular weight excluding hydrogens is 500 g/mol. The molecular formula is C28H42N6O5. The van der Waals surface area contributed by atoms with Crippen LogP contribution in [-0.4, -0.2) is 75.9 Å². The van der Waals surface area contributed by atoms with Crippen LogP contribution in [0.1, 0.15) is 57.9 Å². The van der Waals surface area contributed by atoms with Gasteiger partial charge in [-0.15, -0.1) is 0 Å². The lowest BCUT2D eigenvalue weighted by atomic mass is 10.0. The van der Waals surface area contributed by atoms with Gasteiger partial charge < -0.3 is 37.1 Å². The predicted molar refractivity (Wildman–Crippen MR) is 149 cm³/mol. The second-order valence-corrected chi connectivity index (χ2v) is 10.7. The Kier molecular flexibility index (Phi) is 10.9. The number of carboxylic acids is 1. The number of likely N-dealkylation sites (tertiary alicyclic amines) is 1. The number of hydrogen-bond acceptors (Lipinski definition) is 6. The minimum absolute atomic E-state index is 0.0971. The highest BCUT2D eigenvalue weighted by molar-refractivity contribution is 5.94. The highest BCUT2D eigenvalue weighted by Gasteiger charge is 2.39. The minimum atomic E-state index is -1.16. The first-order valence-corrected chi connectivity index (χ1v) is 13.8. The van der Waals surface area contributed by atoms with Gasteiger partial charge in [-0.2, -0.15) is 0 Å². The zero-order valence-electron chi connectivity index (χ0n) is 22.8. The Morgan fingerprint density at radius 3 is 2.56 bits per heavy atom. The first-order valence-electron chi connectivity index (χ1n) is 13.8. The van der Waals surface area contributed by atoms with Gasteiger partial charge in [0.1, 0.15) is 18.1 Å². The molecule has 1 aromatic heterocycles. The highest BCUT2D eigenvalue weighted by atomic mass is 16.4. The average Bonchev–Trinajstić information content (AvgIpc) is 3.55. The number of nitrogens with one attached hydrogen (secondary N) is 3. The molecule has 2 aromatic rings. The molecule has 3 amide bonds. The van der Waals surface area contributed by atoms with Gasteiger partial charge in [0, 0.05) is 30.1 Å². The van der Waals surface area contributed by atoms with Gasteiger partial charge >= 0.3 is 5.97 Å². The van der Waals surface area contributed by atoms with Crippen molar-refractivity contribution in [2.45, 2.75) is 83.0 Å². The van der Waals surface area contributed by atoms with E-state index < -0.39 is 42.0 Å². The molecule has 3 rings (SSSR count). The summed E-state index contributed by atoms with van der Waals surface area (Å²) in [6, 6.07) is 4.00. The number of nitrogens with zero attached hydrogens (tertiary/aromatic N) is 1. The Morgan fingerprint density at radius 1 is 1.13 bits per heavy atom. The van der Waals surface area contributed by atoms with Gasteiger partial charge in [0.25, 0.3) is 0 Å². The van der Waals surface area contributed by atoms with Crippen molar-refractivity contribution in [3.05, 3.63) is 36.0 Å². The molecule has 4 unspecified atom stereocenters. The van der Waals surface area contributed by atoms with Crippen molar-refractivity contribution < 1.29 is 24.3 Å².